The Kier molecular flexibility index (Phi) is 33.4. The van der Waals surface area contributed by atoms with Gasteiger partial charge in [-0.05, 0) is 155 Å². The van der Waals surface area contributed by atoms with Crippen molar-refractivity contribution in [3.8, 4) is 0 Å². The van der Waals surface area contributed by atoms with Crippen LogP contribution in [0.15, 0.2) is 146 Å². The van der Waals surface area contributed by atoms with E-state index in [0.29, 0.717) is 0 Å². The van der Waals surface area contributed by atoms with Gasteiger partial charge in [0.25, 0.3) is 0 Å². The van der Waals surface area contributed by atoms with E-state index in [-0.39, 0.29) is 68.9 Å². The second-order valence-corrected chi connectivity index (χ2v) is 26.3. The number of hydrogen-bond acceptors (Lipinski definition) is 30. The van der Waals surface area contributed by atoms with E-state index in [2.05, 4.69) is 9.78 Å². The molecule has 4 unspecified atom stereocenters. The van der Waals surface area contributed by atoms with Crippen molar-refractivity contribution in [3.05, 3.63) is 212 Å². The summed E-state index contributed by atoms with van der Waals surface area (Å²) in [7, 11) is 0. The molecule has 0 spiro atoms. The first kappa shape index (κ1) is 84.7. The van der Waals surface area contributed by atoms with Crippen molar-refractivity contribution >= 4 is 72.7 Å². The summed E-state index contributed by atoms with van der Waals surface area (Å²) in [5.74, 6) is -12.9. The lowest BCUT2D eigenvalue weighted by molar-refractivity contribution is -0.212. The molecule has 0 aromatic heterocycles. The fourth-order valence-electron chi connectivity index (χ4n) is 10.2. The largest absolute Gasteiger partial charge is 0.549 e. The van der Waals surface area contributed by atoms with E-state index in [1.165, 1.54) is 72.8 Å². The van der Waals surface area contributed by atoms with Crippen LogP contribution in [0.1, 0.15) is 227 Å². The maximum atomic E-state index is 13.8. The smallest absolute Gasteiger partial charge is 0.432 e. The van der Waals surface area contributed by atoms with Crippen LogP contribution < -0.4 is 0 Å². The predicted molar refractivity (Wildman–Crippen MR) is 373 cm³/mol. The van der Waals surface area contributed by atoms with Crippen LogP contribution in [0.25, 0.3) is 0 Å². The normalized spacial score (nSPS) is 12.1. The van der Waals surface area contributed by atoms with Crippen molar-refractivity contribution in [1.29, 1.82) is 0 Å². The van der Waals surface area contributed by atoms with Crippen LogP contribution in [-0.2, 0) is 87.1 Å². The molecular weight excluding hydrogens is 1420 g/mol. The molecule has 0 fully saturated rings. The minimum absolute atomic E-state index is 0.0248. The van der Waals surface area contributed by atoms with Crippen molar-refractivity contribution in [1.82, 2.24) is 0 Å². The lowest BCUT2D eigenvalue weighted by Gasteiger charge is -2.36. The number of benzene rings is 6. The molecule has 0 amide bonds. The number of ether oxygens (including phenoxy) is 6. The van der Waals surface area contributed by atoms with Crippen LogP contribution in [0.2, 0.25) is 0 Å². The van der Waals surface area contributed by atoms with Crippen molar-refractivity contribution in [2.75, 3.05) is 39.6 Å². The molecule has 30 nitrogen and oxygen atoms in total. The molecule has 108 heavy (non-hydrogen) atoms. The van der Waals surface area contributed by atoms with Gasteiger partial charge in [-0.2, -0.15) is 28.8 Å². The van der Waals surface area contributed by atoms with Crippen molar-refractivity contribution < 1.29 is 145 Å². The van der Waals surface area contributed by atoms with E-state index in [4.69, 9.17) is 77.3 Å². The first-order valence-electron chi connectivity index (χ1n) is 34.4. The monoisotopic (exact) mass is 1500 g/mol. The minimum Gasteiger partial charge on any atom is -0.432 e. The third-order valence-corrected chi connectivity index (χ3v) is 16.8. The average molecular weight is 1500 g/mol. The quantitative estimate of drug-likeness (QED) is 0.0182. The Labute approximate surface area is 622 Å². The zero-order valence-corrected chi connectivity index (χ0v) is 61.5. The second-order valence-electron chi connectivity index (χ2n) is 26.3. The molecule has 4 atom stereocenters. The van der Waals surface area contributed by atoms with Gasteiger partial charge in [0.15, 0.2) is 0 Å². The van der Waals surface area contributed by atoms with E-state index in [1.54, 1.807) is 72.8 Å². The molecule has 0 bridgehead atoms. The summed E-state index contributed by atoms with van der Waals surface area (Å²) in [5.41, 5.74) is 4.82. The van der Waals surface area contributed by atoms with Crippen molar-refractivity contribution in [2.45, 2.75) is 131 Å². The summed E-state index contributed by atoms with van der Waals surface area (Å²) >= 11 is 0. The van der Waals surface area contributed by atoms with E-state index < -0.39 is 149 Å². The molecule has 0 aliphatic rings. The highest BCUT2D eigenvalue weighted by Crippen LogP contribution is 2.35. The molecule has 6 rings (SSSR count). The number of carbonyl (C=O) groups is 12. The number of carbonyl (C=O) groups excluding carboxylic acids is 12. The van der Waals surface area contributed by atoms with E-state index in [9.17, 15) is 57.5 Å². The molecule has 0 saturated heterocycles. The molecule has 0 N–H and O–H groups in total. The van der Waals surface area contributed by atoms with Gasteiger partial charge in [0.05, 0.1) is 73.0 Å². The van der Waals surface area contributed by atoms with Gasteiger partial charge in [-0.1, -0.05) is 156 Å². The molecular formula is C78H86O30. The van der Waals surface area contributed by atoms with Crippen LogP contribution in [-0.4, -0.2) is 112 Å². The average Bonchev–Trinajstić information content (AvgIpc) is 0.835. The summed E-state index contributed by atoms with van der Waals surface area (Å²) in [5, 5.41) is 0. The Bertz CT molecular complexity index is 3720. The Hall–Kier alpha value is -12.2. The Morgan fingerprint density at radius 3 is 0.537 bits per heavy atom. The van der Waals surface area contributed by atoms with Gasteiger partial charge in [-0.25, -0.2) is 87.4 Å². The first-order valence-corrected chi connectivity index (χ1v) is 34.4. The summed E-state index contributed by atoms with van der Waals surface area (Å²) in [6.07, 6.45) is -11.4. The van der Waals surface area contributed by atoms with Crippen molar-refractivity contribution in [3.63, 3.8) is 0 Å². The van der Waals surface area contributed by atoms with Crippen LogP contribution in [0, 0.1) is 23.7 Å². The van der Waals surface area contributed by atoms with Gasteiger partial charge in [0, 0.05) is 23.7 Å². The molecule has 0 heterocycles. The third kappa shape index (κ3) is 28.0. The predicted octanol–water partition coefficient (Wildman–Crippen LogP) is 16.5. The molecule has 0 radical (unpaired) electrons. The molecule has 0 saturated carbocycles. The highest BCUT2D eigenvalue weighted by Gasteiger charge is 2.40. The molecule has 6 aromatic carbocycles. The summed E-state index contributed by atoms with van der Waals surface area (Å²) in [4.78, 5) is 217. The lowest BCUT2D eigenvalue weighted by Crippen LogP contribution is -2.41. The molecule has 0 aliphatic carbocycles. The highest BCUT2D eigenvalue weighted by atomic mass is 17.3. The maximum absolute atomic E-state index is 13.8. The van der Waals surface area contributed by atoms with Gasteiger partial charge in [0.2, 0.25) is 0 Å². The zero-order chi connectivity index (χ0) is 79.0. The van der Waals surface area contributed by atoms with Crippen LogP contribution in [0.3, 0.4) is 0 Å². The molecule has 0 aliphatic heterocycles. The standard InChI is InChI=1S/C78H86O30/c1-45(2)51-13-25-57(26-14-51)67(79)97-103-73(85)91-39-37-63(41-93-75(87)105-99-69(81)59-29-17-53(18-30-59)47(5)6)65(43-95-77(89)107-101-71(83)61-33-21-55(22-34-61)49(9)10)66(44-96-78(90)108-102-72(84)62-35-23-56(24-36-62)50(11)12)64(42-94-76(88)106-100-70(82)60-31-19-54(20-32-60)48(7)8)38-40-92-74(86)104-98-68(80)58-27-15-52(16-28-58)46(3)4/h13-36,45-50,63-66H,37-44H2,1-12H3. The molecule has 30 heteroatoms. The van der Waals surface area contributed by atoms with Gasteiger partial charge in [0.1, 0.15) is 0 Å². The van der Waals surface area contributed by atoms with Crippen LogP contribution in [0.5, 0.6) is 0 Å². The molecule has 6 aromatic rings. The minimum atomic E-state index is -1.75. The van der Waals surface area contributed by atoms with Crippen LogP contribution in [0.4, 0.5) is 28.8 Å². The van der Waals surface area contributed by atoms with Crippen molar-refractivity contribution in [2.24, 2.45) is 23.7 Å². The number of hydrogen-bond donors (Lipinski definition) is 0. The molecule has 578 valence electrons. The fourth-order valence-corrected chi connectivity index (χ4v) is 10.2. The summed E-state index contributed by atoms with van der Waals surface area (Å²) < 4.78 is 32.7. The fraction of sp³-hybridized carbons (Fsp3) is 0.385. The Morgan fingerprint density at radius 2 is 0.370 bits per heavy atom. The van der Waals surface area contributed by atoms with E-state index >= 15 is 0 Å². The zero-order valence-electron chi connectivity index (χ0n) is 61.5. The maximum Gasteiger partial charge on any atom is 0.549 e. The van der Waals surface area contributed by atoms with Gasteiger partial charge < -0.3 is 28.4 Å². The van der Waals surface area contributed by atoms with Gasteiger partial charge in [-0.15, -0.1) is 0 Å². The highest BCUT2D eigenvalue weighted by molar-refractivity contribution is 5.92. The summed E-state index contributed by atoms with van der Waals surface area (Å²) in [6.45, 7) is 17.2. The SMILES string of the molecule is CC(C)c1ccc(C(=O)OOC(=O)OCCC(COC(=O)OOC(=O)c2ccc(C(C)C)cc2)C(COC(=O)OOC(=O)c2ccc(C(C)C)cc2)C(COC(=O)OOC(=O)c2ccc(C(C)C)cc2)C(CCOC(=O)OOC(=O)c2ccc(C(C)C)cc2)COC(=O)OOC(=O)c2ccc(C(C)C)cc2)cc1. The van der Waals surface area contributed by atoms with Gasteiger partial charge in [-0.3, -0.25) is 0 Å². The first-order chi connectivity index (χ1) is 51.5. The van der Waals surface area contributed by atoms with Gasteiger partial charge >= 0.3 is 72.7 Å². The third-order valence-electron chi connectivity index (χ3n) is 16.8. The lowest BCUT2D eigenvalue weighted by atomic mass is 9.74. The Balaban J connectivity index is 1.40. The van der Waals surface area contributed by atoms with E-state index in [1.807, 2.05) is 83.1 Å². The van der Waals surface area contributed by atoms with E-state index in [0.717, 1.165) is 33.4 Å². The topological polar surface area (TPSA) is 371 Å². The number of rotatable bonds is 29. The Morgan fingerprint density at radius 1 is 0.213 bits per heavy atom. The summed E-state index contributed by atoms with van der Waals surface area (Å²) in [6, 6.07) is 36.6. The second kappa shape index (κ2) is 42.6. The van der Waals surface area contributed by atoms with Crippen LogP contribution >= 0.6 is 0 Å².